The van der Waals surface area contributed by atoms with E-state index in [2.05, 4.69) is 18.9 Å². The molecular weight excluding hydrogens is 226 g/mol. The van der Waals surface area contributed by atoms with Crippen LogP contribution in [-0.2, 0) is 11.2 Å². The van der Waals surface area contributed by atoms with Crippen LogP contribution in [0.5, 0.6) is 0 Å². The summed E-state index contributed by atoms with van der Waals surface area (Å²) in [5.41, 5.74) is 6.58. The minimum absolute atomic E-state index is 0.0113. The third kappa shape index (κ3) is 2.34. The lowest BCUT2D eigenvalue weighted by Gasteiger charge is -2.26. The van der Waals surface area contributed by atoms with Gasteiger partial charge in [-0.15, -0.1) is 0 Å². The third-order valence-corrected chi connectivity index (χ3v) is 4.20. The molecule has 0 bridgehead atoms. The standard InChI is InChI=1S/C14H23N3O/c1-10(2)17-8-6-11(16-17)9-13(18)14(3)7-4-5-12(14)15/h6,8,10,12H,4-5,7,9,15H2,1-3H3. The fourth-order valence-electron chi connectivity index (χ4n) is 2.67. The van der Waals surface area contributed by atoms with Crippen molar-refractivity contribution >= 4 is 5.78 Å². The summed E-state index contributed by atoms with van der Waals surface area (Å²) >= 11 is 0. The highest BCUT2D eigenvalue weighted by Gasteiger charge is 2.42. The van der Waals surface area contributed by atoms with Gasteiger partial charge in [0, 0.05) is 23.7 Å². The molecule has 1 aromatic rings. The molecule has 1 aliphatic carbocycles. The Kier molecular flexibility index (Phi) is 3.57. The normalized spacial score (nSPS) is 27.9. The molecule has 2 unspecified atom stereocenters. The second kappa shape index (κ2) is 4.84. The molecule has 1 heterocycles. The zero-order chi connectivity index (χ0) is 13.3. The average molecular weight is 249 g/mol. The van der Waals surface area contributed by atoms with Crippen molar-refractivity contribution < 1.29 is 4.79 Å². The van der Waals surface area contributed by atoms with Gasteiger partial charge in [-0.05, 0) is 32.8 Å². The lowest BCUT2D eigenvalue weighted by Crippen LogP contribution is -2.41. The quantitative estimate of drug-likeness (QED) is 0.888. The van der Waals surface area contributed by atoms with Crippen LogP contribution in [0.3, 0.4) is 0 Å². The number of rotatable bonds is 4. The maximum Gasteiger partial charge on any atom is 0.146 e. The van der Waals surface area contributed by atoms with Crippen LogP contribution in [0.15, 0.2) is 12.3 Å². The minimum Gasteiger partial charge on any atom is -0.327 e. The summed E-state index contributed by atoms with van der Waals surface area (Å²) in [6, 6.07) is 2.28. The first-order valence-corrected chi connectivity index (χ1v) is 6.76. The van der Waals surface area contributed by atoms with Crippen molar-refractivity contribution in [2.45, 2.75) is 58.5 Å². The number of ketones is 1. The molecular formula is C14H23N3O. The van der Waals surface area contributed by atoms with Gasteiger partial charge in [-0.25, -0.2) is 0 Å². The van der Waals surface area contributed by atoms with Gasteiger partial charge in [0.05, 0.1) is 12.1 Å². The number of hydrogen-bond acceptors (Lipinski definition) is 3. The van der Waals surface area contributed by atoms with Crippen LogP contribution < -0.4 is 5.73 Å². The van der Waals surface area contributed by atoms with Crippen LogP contribution >= 0.6 is 0 Å². The molecule has 1 aromatic heterocycles. The summed E-state index contributed by atoms with van der Waals surface area (Å²) in [5.74, 6) is 0.238. The van der Waals surface area contributed by atoms with E-state index in [-0.39, 0.29) is 17.2 Å². The topological polar surface area (TPSA) is 60.9 Å². The highest BCUT2D eigenvalue weighted by molar-refractivity contribution is 5.87. The van der Waals surface area contributed by atoms with Crippen LogP contribution in [0.4, 0.5) is 0 Å². The summed E-state index contributed by atoms with van der Waals surface area (Å²) < 4.78 is 1.89. The summed E-state index contributed by atoms with van der Waals surface area (Å²) in [7, 11) is 0. The Labute approximate surface area is 109 Å². The summed E-state index contributed by atoms with van der Waals surface area (Å²) in [4.78, 5) is 12.4. The second-order valence-electron chi connectivity index (χ2n) is 5.90. The van der Waals surface area contributed by atoms with Gasteiger partial charge in [0.15, 0.2) is 0 Å². The Balaban J connectivity index is 2.06. The maximum atomic E-state index is 12.4. The predicted octanol–water partition coefficient (Wildman–Crippen LogP) is 2.09. The Morgan fingerprint density at radius 3 is 2.89 bits per heavy atom. The van der Waals surface area contributed by atoms with Crippen molar-refractivity contribution in [3.63, 3.8) is 0 Å². The predicted molar refractivity (Wildman–Crippen MR) is 71.3 cm³/mol. The van der Waals surface area contributed by atoms with E-state index >= 15 is 0 Å². The van der Waals surface area contributed by atoms with Gasteiger partial charge in [0.25, 0.3) is 0 Å². The molecule has 1 saturated carbocycles. The summed E-state index contributed by atoms with van der Waals surface area (Å²) in [6.45, 7) is 6.16. The average Bonchev–Trinajstić information content (AvgIpc) is 2.88. The van der Waals surface area contributed by atoms with Gasteiger partial charge in [-0.3, -0.25) is 9.48 Å². The van der Waals surface area contributed by atoms with E-state index < -0.39 is 0 Å². The van der Waals surface area contributed by atoms with E-state index in [9.17, 15) is 4.79 Å². The number of Topliss-reactive ketones (excluding diaryl/α,β-unsaturated/α-hetero) is 1. The molecule has 4 heteroatoms. The van der Waals surface area contributed by atoms with E-state index in [1.807, 2.05) is 23.9 Å². The molecule has 0 aliphatic heterocycles. The van der Waals surface area contributed by atoms with Crippen molar-refractivity contribution in [2.24, 2.45) is 11.1 Å². The van der Waals surface area contributed by atoms with E-state index in [1.165, 1.54) is 0 Å². The Morgan fingerprint density at radius 1 is 1.67 bits per heavy atom. The Morgan fingerprint density at radius 2 is 2.39 bits per heavy atom. The fraction of sp³-hybridized carbons (Fsp3) is 0.714. The molecule has 0 aromatic carbocycles. The van der Waals surface area contributed by atoms with Gasteiger partial charge < -0.3 is 5.73 Å². The number of aromatic nitrogens is 2. The molecule has 2 N–H and O–H groups in total. The molecule has 100 valence electrons. The number of carbonyl (C=O) groups is 1. The molecule has 0 radical (unpaired) electrons. The van der Waals surface area contributed by atoms with Crippen molar-refractivity contribution in [3.05, 3.63) is 18.0 Å². The van der Waals surface area contributed by atoms with Gasteiger partial charge in [-0.1, -0.05) is 13.3 Å². The van der Waals surface area contributed by atoms with E-state index in [4.69, 9.17) is 5.73 Å². The fourth-order valence-corrected chi connectivity index (χ4v) is 2.67. The van der Waals surface area contributed by atoms with Crippen molar-refractivity contribution in [2.75, 3.05) is 0 Å². The number of nitrogens with zero attached hydrogens (tertiary/aromatic N) is 2. The van der Waals surface area contributed by atoms with Crippen molar-refractivity contribution in [1.29, 1.82) is 0 Å². The van der Waals surface area contributed by atoms with Gasteiger partial charge in [-0.2, -0.15) is 5.10 Å². The first kappa shape index (κ1) is 13.3. The van der Waals surface area contributed by atoms with E-state index in [0.29, 0.717) is 12.5 Å². The maximum absolute atomic E-state index is 12.4. The molecule has 1 aliphatic rings. The van der Waals surface area contributed by atoms with Gasteiger partial charge >= 0.3 is 0 Å². The molecule has 4 nitrogen and oxygen atoms in total. The van der Waals surface area contributed by atoms with Crippen LogP contribution in [0.2, 0.25) is 0 Å². The van der Waals surface area contributed by atoms with E-state index in [0.717, 1.165) is 25.0 Å². The number of hydrogen-bond donors (Lipinski definition) is 1. The monoisotopic (exact) mass is 249 g/mol. The second-order valence-corrected chi connectivity index (χ2v) is 5.90. The molecule has 2 atom stereocenters. The van der Waals surface area contributed by atoms with Crippen LogP contribution in [0.25, 0.3) is 0 Å². The Hall–Kier alpha value is -1.16. The van der Waals surface area contributed by atoms with Crippen LogP contribution in [0.1, 0.15) is 51.8 Å². The molecule has 2 rings (SSSR count). The SMILES string of the molecule is CC(C)n1ccc(CC(=O)C2(C)CCCC2N)n1. The lowest BCUT2D eigenvalue weighted by atomic mass is 9.79. The van der Waals surface area contributed by atoms with Gasteiger partial charge in [0.1, 0.15) is 5.78 Å². The van der Waals surface area contributed by atoms with Crippen LogP contribution in [-0.4, -0.2) is 21.6 Å². The largest absolute Gasteiger partial charge is 0.327 e. The highest BCUT2D eigenvalue weighted by atomic mass is 16.1. The molecule has 0 spiro atoms. The molecule has 0 saturated heterocycles. The first-order valence-electron chi connectivity index (χ1n) is 6.76. The zero-order valence-electron chi connectivity index (χ0n) is 11.5. The number of carbonyl (C=O) groups excluding carboxylic acids is 1. The first-order chi connectivity index (χ1) is 8.43. The van der Waals surface area contributed by atoms with Crippen LogP contribution in [0, 0.1) is 5.41 Å². The number of nitrogens with two attached hydrogens (primary N) is 1. The third-order valence-electron chi connectivity index (χ3n) is 4.20. The molecule has 0 amide bonds. The van der Waals surface area contributed by atoms with Crippen molar-refractivity contribution in [3.8, 4) is 0 Å². The highest BCUT2D eigenvalue weighted by Crippen LogP contribution is 2.38. The zero-order valence-corrected chi connectivity index (χ0v) is 11.5. The summed E-state index contributed by atoms with van der Waals surface area (Å²) in [6.07, 6.45) is 5.28. The van der Waals surface area contributed by atoms with Crippen molar-refractivity contribution in [1.82, 2.24) is 9.78 Å². The summed E-state index contributed by atoms with van der Waals surface area (Å²) in [5, 5.41) is 4.43. The Bertz CT molecular complexity index is 438. The minimum atomic E-state index is -0.346. The van der Waals surface area contributed by atoms with E-state index in [1.54, 1.807) is 0 Å². The molecule has 1 fully saturated rings. The molecule has 18 heavy (non-hydrogen) atoms. The smallest absolute Gasteiger partial charge is 0.146 e. The lowest BCUT2D eigenvalue weighted by molar-refractivity contribution is -0.127. The van der Waals surface area contributed by atoms with Gasteiger partial charge in [0.2, 0.25) is 0 Å².